The van der Waals surface area contributed by atoms with Gasteiger partial charge in [-0.3, -0.25) is 4.79 Å². The van der Waals surface area contributed by atoms with E-state index in [1.165, 1.54) is 0 Å². The zero-order valence-electron chi connectivity index (χ0n) is 12.9. The van der Waals surface area contributed by atoms with Crippen LogP contribution in [0.4, 0.5) is 11.4 Å². The van der Waals surface area contributed by atoms with Crippen LogP contribution in [0.3, 0.4) is 0 Å². The standard InChI is InChI=1S/C17H20N2O3/c1-12(17(20)19-13-7-5-4-6-8-13)18-14-9-15(21-2)11-16(10-14)22-3/h4-12,18H,1-3H3,(H,19,20)/t12-/m1/s1. The van der Waals surface area contributed by atoms with Gasteiger partial charge in [0.1, 0.15) is 17.5 Å². The number of ether oxygens (including phenoxy) is 2. The fourth-order valence-electron chi connectivity index (χ4n) is 1.98. The number of hydrogen-bond donors (Lipinski definition) is 2. The summed E-state index contributed by atoms with van der Waals surface area (Å²) in [5.74, 6) is 1.21. The predicted octanol–water partition coefficient (Wildman–Crippen LogP) is 3.14. The Bertz CT molecular complexity index is 607. The minimum Gasteiger partial charge on any atom is -0.497 e. The maximum atomic E-state index is 12.2. The SMILES string of the molecule is COc1cc(N[C@H](C)C(=O)Nc2ccccc2)cc(OC)c1. The van der Waals surface area contributed by atoms with Gasteiger partial charge in [0.05, 0.1) is 14.2 Å². The van der Waals surface area contributed by atoms with E-state index in [9.17, 15) is 4.79 Å². The van der Waals surface area contributed by atoms with E-state index in [1.807, 2.05) is 42.5 Å². The van der Waals surface area contributed by atoms with Crippen molar-refractivity contribution in [2.45, 2.75) is 13.0 Å². The molecule has 0 saturated heterocycles. The van der Waals surface area contributed by atoms with Crippen molar-refractivity contribution >= 4 is 17.3 Å². The molecule has 0 heterocycles. The van der Waals surface area contributed by atoms with Crippen LogP contribution in [-0.4, -0.2) is 26.2 Å². The lowest BCUT2D eigenvalue weighted by atomic mass is 10.2. The zero-order valence-corrected chi connectivity index (χ0v) is 12.9. The lowest BCUT2D eigenvalue weighted by Crippen LogP contribution is -2.31. The Morgan fingerprint density at radius 3 is 2.09 bits per heavy atom. The van der Waals surface area contributed by atoms with Gasteiger partial charge in [-0.25, -0.2) is 0 Å². The van der Waals surface area contributed by atoms with E-state index in [0.29, 0.717) is 11.5 Å². The zero-order chi connectivity index (χ0) is 15.9. The molecule has 0 bridgehead atoms. The summed E-state index contributed by atoms with van der Waals surface area (Å²) < 4.78 is 10.4. The highest BCUT2D eigenvalue weighted by molar-refractivity contribution is 5.96. The summed E-state index contributed by atoms with van der Waals surface area (Å²) >= 11 is 0. The normalized spacial score (nSPS) is 11.4. The highest BCUT2D eigenvalue weighted by atomic mass is 16.5. The number of rotatable bonds is 6. The van der Waals surface area contributed by atoms with Gasteiger partial charge < -0.3 is 20.1 Å². The van der Waals surface area contributed by atoms with Crippen LogP contribution in [0.1, 0.15) is 6.92 Å². The molecule has 0 radical (unpaired) electrons. The van der Waals surface area contributed by atoms with Gasteiger partial charge in [-0.1, -0.05) is 18.2 Å². The molecular formula is C17H20N2O3. The Hall–Kier alpha value is -2.69. The number of carbonyl (C=O) groups is 1. The molecule has 0 aliphatic carbocycles. The summed E-state index contributed by atoms with van der Waals surface area (Å²) in [5.41, 5.74) is 1.52. The topological polar surface area (TPSA) is 59.6 Å². The lowest BCUT2D eigenvalue weighted by molar-refractivity contribution is -0.116. The number of methoxy groups -OCH3 is 2. The summed E-state index contributed by atoms with van der Waals surface area (Å²) in [6.45, 7) is 1.80. The second-order valence-electron chi connectivity index (χ2n) is 4.82. The van der Waals surface area contributed by atoms with Crippen LogP contribution in [0.25, 0.3) is 0 Å². The first kappa shape index (κ1) is 15.7. The molecule has 116 valence electrons. The molecule has 5 nitrogen and oxygen atoms in total. The Balaban J connectivity index is 2.04. The van der Waals surface area contributed by atoms with E-state index < -0.39 is 6.04 Å². The van der Waals surface area contributed by atoms with E-state index in [1.54, 1.807) is 27.2 Å². The quantitative estimate of drug-likeness (QED) is 0.860. The third-order valence-electron chi connectivity index (χ3n) is 3.17. The summed E-state index contributed by atoms with van der Waals surface area (Å²) in [6, 6.07) is 14.3. The van der Waals surface area contributed by atoms with Crippen molar-refractivity contribution in [3.63, 3.8) is 0 Å². The van der Waals surface area contributed by atoms with Gasteiger partial charge in [0.25, 0.3) is 0 Å². The molecule has 2 aromatic carbocycles. The minimum atomic E-state index is -0.406. The fourth-order valence-corrected chi connectivity index (χ4v) is 1.98. The predicted molar refractivity (Wildman–Crippen MR) is 87.7 cm³/mol. The second kappa shape index (κ2) is 7.36. The Kier molecular flexibility index (Phi) is 5.25. The minimum absolute atomic E-state index is 0.118. The molecule has 2 rings (SSSR count). The van der Waals surface area contributed by atoms with Crippen molar-refractivity contribution in [2.75, 3.05) is 24.9 Å². The molecule has 5 heteroatoms. The number of carbonyl (C=O) groups excluding carboxylic acids is 1. The monoisotopic (exact) mass is 300 g/mol. The summed E-state index contributed by atoms with van der Waals surface area (Å²) in [6.07, 6.45) is 0. The van der Waals surface area contributed by atoms with Gasteiger partial charge in [-0.2, -0.15) is 0 Å². The van der Waals surface area contributed by atoms with Crippen LogP contribution in [-0.2, 0) is 4.79 Å². The van der Waals surface area contributed by atoms with Crippen molar-refractivity contribution in [2.24, 2.45) is 0 Å². The molecule has 0 aliphatic heterocycles. The van der Waals surface area contributed by atoms with E-state index in [-0.39, 0.29) is 5.91 Å². The Labute approximate surface area is 130 Å². The van der Waals surface area contributed by atoms with Crippen molar-refractivity contribution in [3.05, 3.63) is 48.5 Å². The highest BCUT2D eigenvalue weighted by Gasteiger charge is 2.13. The molecule has 1 amide bonds. The summed E-state index contributed by atoms with van der Waals surface area (Å²) in [4.78, 5) is 12.2. The smallest absolute Gasteiger partial charge is 0.246 e. The molecular weight excluding hydrogens is 280 g/mol. The fraction of sp³-hybridized carbons (Fsp3) is 0.235. The van der Waals surface area contributed by atoms with Crippen LogP contribution < -0.4 is 20.1 Å². The largest absolute Gasteiger partial charge is 0.497 e. The van der Waals surface area contributed by atoms with Gasteiger partial charge in [0.15, 0.2) is 0 Å². The number of amides is 1. The molecule has 2 aromatic rings. The molecule has 0 saturated carbocycles. The van der Waals surface area contributed by atoms with Gasteiger partial charge in [-0.05, 0) is 19.1 Å². The molecule has 0 unspecified atom stereocenters. The van der Waals surface area contributed by atoms with E-state index in [2.05, 4.69) is 10.6 Å². The molecule has 0 fully saturated rings. The van der Waals surface area contributed by atoms with Crippen molar-refractivity contribution in [3.8, 4) is 11.5 Å². The van der Waals surface area contributed by atoms with Gasteiger partial charge in [0, 0.05) is 29.6 Å². The van der Waals surface area contributed by atoms with Crippen LogP contribution in [0.2, 0.25) is 0 Å². The van der Waals surface area contributed by atoms with E-state index >= 15 is 0 Å². The number of hydrogen-bond acceptors (Lipinski definition) is 4. The van der Waals surface area contributed by atoms with Crippen molar-refractivity contribution in [1.82, 2.24) is 0 Å². The second-order valence-corrected chi connectivity index (χ2v) is 4.82. The van der Waals surface area contributed by atoms with Crippen LogP contribution in [0, 0.1) is 0 Å². The van der Waals surface area contributed by atoms with Gasteiger partial charge >= 0.3 is 0 Å². The van der Waals surface area contributed by atoms with Crippen LogP contribution in [0.15, 0.2) is 48.5 Å². The maximum Gasteiger partial charge on any atom is 0.246 e. The number of anilines is 2. The third kappa shape index (κ3) is 4.15. The van der Waals surface area contributed by atoms with Crippen LogP contribution in [0.5, 0.6) is 11.5 Å². The van der Waals surface area contributed by atoms with E-state index in [4.69, 9.17) is 9.47 Å². The first-order chi connectivity index (χ1) is 10.6. The number of nitrogens with one attached hydrogen (secondary N) is 2. The van der Waals surface area contributed by atoms with Gasteiger partial charge in [0.2, 0.25) is 5.91 Å². The van der Waals surface area contributed by atoms with Crippen molar-refractivity contribution < 1.29 is 14.3 Å². The van der Waals surface area contributed by atoms with E-state index in [0.717, 1.165) is 11.4 Å². The average Bonchev–Trinajstić information content (AvgIpc) is 2.55. The summed E-state index contributed by atoms with van der Waals surface area (Å²) in [7, 11) is 3.17. The van der Waals surface area contributed by atoms with Crippen molar-refractivity contribution in [1.29, 1.82) is 0 Å². The molecule has 22 heavy (non-hydrogen) atoms. The van der Waals surface area contributed by atoms with Crippen LogP contribution >= 0.6 is 0 Å². The van der Waals surface area contributed by atoms with Gasteiger partial charge in [-0.15, -0.1) is 0 Å². The molecule has 0 aromatic heterocycles. The number of para-hydroxylation sites is 1. The summed E-state index contributed by atoms with van der Waals surface area (Å²) in [5, 5.41) is 5.99. The lowest BCUT2D eigenvalue weighted by Gasteiger charge is -2.16. The molecule has 2 N–H and O–H groups in total. The highest BCUT2D eigenvalue weighted by Crippen LogP contribution is 2.26. The molecule has 0 aliphatic rings. The first-order valence-electron chi connectivity index (χ1n) is 6.98. The first-order valence-corrected chi connectivity index (χ1v) is 6.98. The number of benzene rings is 2. The Morgan fingerprint density at radius 1 is 0.955 bits per heavy atom. The third-order valence-corrected chi connectivity index (χ3v) is 3.17. The Morgan fingerprint density at radius 2 is 1.55 bits per heavy atom. The molecule has 1 atom stereocenters. The maximum absolute atomic E-state index is 12.2. The average molecular weight is 300 g/mol. The molecule has 0 spiro atoms.